The predicted octanol–water partition coefficient (Wildman–Crippen LogP) is 4.04. The largest absolute Gasteiger partial charge is 0.466 e. The van der Waals surface area contributed by atoms with Crippen LogP contribution in [0.2, 0.25) is 0 Å². The molecule has 2 rings (SSSR count). The summed E-state index contributed by atoms with van der Waals surface area (Å²) in [4.78, 5) is 27.8. The van der Waals surface area contributed by atoms with Gasteiger partial charge in [-0.05, 0) is 32.4 Å². The maximum absolute atomic E-state index is 13.1. The summed E-state index contributed by atoms with van der Waals surface area (Å²) < 4.78 is 10.7. The second-order valence-corrected chi connectivity index (χ2v) is 8.11. The van der Waals surface area contributed by atoms with E-state index >= 15 is 0 Å². The summed E-state index contributed by atoms with van der Waals surface area (Å²) >= 11 is 0. The van der Waals surface area contributed by atoms with E-state index in [4.69, 9.17) is 9.47 Å². The number of nitrogens with one attached hydrogen (secondary N) is 1. The van der Waals surface area contributed by atoms with E-state index in [0.29, 0.717) is 17.7 Å². The van der Waals surface area contributed by atoms with Crippen molar-refractivity contribution < 1.29 is 19.1 Å². The Hall–Kier alpha value is -2.60. The number of ether oxygens (including phenoxy) is 2. The van der Waals surface area contributed by atoms with Crippen molar-refractivity contribution in [2.24, 2.45) is 11.8 Å². The summed E-state index contributed by atoms with van der Waals surface area (Å²) in [6.07, 6.45) is 1.69. The van der Waals surface area contributed by atoms with Crippen molar-refractivity contribution in [1.82, 2.24) is 10.2 Å². The van der Waals surface area contributed by atoms with Gasteiger partial charge in [0.25, 0.3) is 0 Å². The lowest BCUT2D eigenvalue weighted by Gasteiger charge is -2.34. The predicted molar refractivity (Wildman–Crippen MR) is 122 cm³/mol. The number of rotatable bonds is 10. The van der Waals surface area contributed by atoms with Gasteiger partial charge in [-0.3, -0.25) is 4.90 Å². The van der Waals surface area contributed by atoms with Crippen molar-refractivity contribution in [1.29, 1.82) is 0 Å². The van der Waals surface area contributed by atoms with Gasteiger partial charge in [0.15, 0.2) is 0 Å². The molecule has 1 unspecified atom stereocenters. The van der Waals surface area contributed by atoms with E-state index < -0.39 is 5.97 Å². The molecule has 0 radical (unpaired) electrons. The van der Waals surface area contributed by atoms with E-state index in [9.17, 15) is 9.59 Å². The lowest BCUT2D eigenvalue weighted by molar-refractivity contribution is -0.140. The highest BCUT2D eigenvalue weighted by Crippen LogP contribution is 2.39. The molecule has 6 nitrogen and oxygen atoms in total. The molecule has 0 bridgehead atoms. The second kappa shape index (κ2) is 11.7. The fourth-order valence-electron chi connectivity index (χ4n) is 4.27. The first kappa shape index (κ1) is 24.7. The zero-order valence-corrected chi connectivity index (χ0v) is 19.7. The van der Waals surface area contributed by atoms with Gasteiger partial charge in [0, 0.05) is 30.4 Å². The molecule has 1 N–H and O–H groups in total. The number of likely N-dealkylation sites (N-methyl/N-ethyl adjacent to an activating group) is 1. The Morgan fingerprint density at radius 1 is 1.03 bits per heavy atom. The number of hydrogen-bond acceptors (Lipinski definition) is 6. The summed E-state index contributed by atoms with van der Waals surface area (Å²) in [5.74, 6) is -0.964. The molecule has 170 valence electrons. The Bertz CT molecular complexity index is 825. The Morgan fingerprint density at radius 3 is 2.16 bits per heavy atom. The number of carbonyl (C=O) groups excluding carboxylic acids is 2. The quantitative estimate of drug-likeness (QED) is 0.568. The Balaban J connectivity index is 2.12. The number of esters is 2. The highest BCUT2D eigenvalue weighted by molar-refractivity contribution is 5.97. The molecule has 1 atom stereocenters. The van der Waals surface area contributed by atoms with Crippen molar-refractivity contribution in [3.63, 3.8) is 0 Å². The third kappa shape index (κ3) is 6.20. The summed E-state index contributed by atoms with van der Waals surface area (Å²) in [5, 5.41) is 3.19. The van der Waals surface area contributed by atoms with E-state index in [2.05, 4.69) is 36.2 Å². The lowest BCUT2D eigenvalue weighted by atomic mass is 9.74. The van der Waals surface area contributed by atoms with Gasteiger partial charge in [0.2, 0.25) is 0 Å². The minimum absolute atomic E-state index is 0.143. The maximum atomic E-state index is 13.1. The third-order valence-electron chi connectivity index (χ3n) is 5.95. The normalized spacial score (nSPS) is 16.6. The minimum atomic E-state index is -0.401. The van der Waals surface area contributed by atoms with E-state index in [1.165, 1.54) is 12.7 Å². The van der Waals surface area contributed by atoms with Crippen LogP contribution in [0.25, 0.3) is 0 Å². The fraction of sp³-hybridized carbons (Fsp3) is 0.520. The molecule has 1 aromatic carbocycles. The number of methoxy groups -OCH3 is 1. The average Bonchev–Trinajstić information content (AvgIpc) is 2.74. The van der Waals surface area contributed by atoms with Crippen molar-refractivity contribution in [2.75, 3.05) is 27.3 Å². The van der Waals surface area contributed by atoms with E-state index in [1.54, 1.807) is 0 Å². The van der Waals surface area contributed by atoms with Gasteiger partial charge < -0.3 is 14.8 Å². The number of benzene rings is 1. The molecule has 1 aliphatic heterocycles. The topological polar surface area (TPSA) is 67.9 Å². The van der Waals surface area contributed by atoms with E-state index in [-0.39, 0.29) is 24.4 Å². The summed E-state index contributed by atoms with van der Waals surface area (Å²) in [5.41, 5.74) is 3.74. The first-order chi connectivity index (χ1) is 14.8. The molecule has 0 amide bonds. The molecule has 0 fully saturated rings. The van der Waals surface area contributed by atoms with Crippen molar-refractivity contribution in [3.8, 4) is 0 Å². The summed E-state index contributed by atoms with van der Waals surface area (Å²) in [6, 6.07) is 10.2. The van der Waals surface area contributed by atoms with Gasteiger partial charge in [0.05, 0.1) is 18.3 Å². The fourth-order valence-corrected chi connectivity index (χ4v) is 4.27. The Kier molecular flexibility index (Phi) is 9.31. The number of nitrogens with zero attached hydrogens (tertiary/aromatic N) is 1. The van der Waals surface area contributed by atoms with Crippen LogP contribution < -0.4 is 5.32 Å². The molecular formula is C25H36N2O4. The molecule has 0 aromatic heterocycles. The van der Waals surface area contributed by atoms with Gasteiger partial charge in [0.1, 0.15) is 6.61 Å². The van der Waals surface area contributed by atoms with E-state index in [1.807, 2.05) is 39.1 Å². The van der Waals surface area contributed by atoms with Gasteiger partial charge >= 0.3 is 11.9 Å². The number of allylic oxidation sites excluding steroid dienone is 2. The molecule has 1 heterocycles. The monoisotopic (exact) mass is 428 g/mol. The second-order valence-electron chi connectivity index (χ2n) is 8.11. The van der Waals surface area contributed by atoms with Crippen molar-refractivity contribution in [3.05, 3.63) is 58.4 Å². The smallest absolute Gasteiger partial charge is 0.336 e. The van der Waals surface area contributed by atoms with Crippen LogP contribution in [0.1, 0.15) is 46.1 Å². The minimum Gasteiger partial charge on any atom is -0.466 e. The molecular weight excluding hydrogens is 392 g/mol. The first-order valence-electron chi connectivity index (χ1n) is 11.0. The van der Waals surface area contributed by atoms with Crippen LogP contribution in [-0.4, -0.2) is 44.1 Å². The van der Waals surface area contributed by atoms with E-state index in [0.717, 1.165) is 30.8 Å². The highest BCUT2D eigenvalue weighted by atomic mass is 16.5. The Labute approximate surface area is 186 Å². The van der Waals surface area contributed by atoms with Crippen molar-refractivity contribution >= 4 is 11.9 Å². The Morgan fingerprint density at radius 2 is 1.61 bits per heavy atom. The molecule has 0 saturated carbocycles. The zero-order chi connectivity index (χ0) is 23.0. The average molecular weight is 429 g/mol. The lowest BCUT2D eigenvalue weighted by Crippen LogP contribution is -2.37. The van der Waals surface area contributed by atoms with Crippen LogP contribution >= 0.6 is 0 Å². The first-order valence-corrected chi connectivity index (χ1v) is 11.0. The summed E-state index contributed by atoms with van der Waals surface area (Å²) in [6.45, 7) is 9.57. The standard InChI is InChI=1S/C25H36N2O4/c1-7-20(8-2)23-21(24(28)30-6)17(3)26-18(4)22(23)25(29)31-15-14-27(5)16-19-12-10-9-11-13-19/h9-13,20,23,26H,7-8,14-16H2,1-6H3. The van der Waals surface area contributed by atoms with Crippen LogP contribution in [0.3, 0.4) is 0 Å². The van der Waals surface area contributed by atoms with Crippen LogP contribution in [0, 0.1) is 11.8 Å². The zero-order valence-electron chi connectivity index (χ0n) is 19.7. The van der Waals surface area contributed by atoms with Crippen LogP contribution in [-0.2, 0) is 25.6 Å². The van der Waals surface area contributed by atoms with Gasteiger partial charge in [-0.15, -0.1) is 0 Å². The van der Waals surface area contributed by atoms with Crippen LogP contribution in [0.15, 0.2) is 52.9 Å². The van der Waals surface area contributed by atoms with Gasteiger partial charge in [-0.1, -0.05) is 57.0 Å². The molecule has 0 spiro atoms. The molecule has 1 aromatic rings. The van der Waals surface area contributed by atoms with Crippen LogP contribution in [0.4, 0.5) is 0 Å². The molecule has 6 heteroatoms. The third-order valence-corrected chi connectivity index (χ3v) is 5.95. The maximum Gasteiger partial charge on any atom is 0.336 e. The SMILES string of the molecule is CCC(CC)C1C(C(=O)OC)=C(C)NC(C)=C1C(=O)OCCN(C)Cc1ccccc1. The summed E-state index contributed by atoms with van der Waals surface area (Å²) in [7, 11) is 3.38. The van der Waals surface area contributed by atoms with Crippen LogP contribution in [0.5, 0.6) is 0 Å². The highest BCUT2D eigenvalue weighted by Gasteiger charge is 2.40. The van der Waals surface area contributed by atoms with Gasteiger partial charge in [-0.25, -0.2) is 9.59 Å². The van der Waals surface area contributed by atoms with Gasteiger partial charge in [-0.2, -0.15) is 0 Å². The number of hydrogen-bond donors (Lipinski definition) is 1. The number of carbonyl (C=O) groups is 2. The van der Waals surface area contributed by atoms with Crippen molar-refractivity contribution in [2.45, 2.75) is 47.1 Å². The molecule has 31 heavy (non-hydrogen) atoms. The molecule has 1 aliphatic rings. The molecule has 0 aliphatic carbocycles. The number of dihydropyridines is 1. The molecule has 0 saturated heterocycles.